The molecule has 0 atom stereocenters. The van der Waals surface area contributed by atoms with Crippen LogP contribution in [0.2, 0.25) is 0 Å². The third-order valence-electron chi connectivity index (χ3n) is 3.89. The Bertz CT molecular complexity index is 445. The Balaban J connectivity index is 1.98. The van der Waals surface area contributed by atoms with E-state index in [0.29, 0.717) is 0 Å². The fourth-order valence-electron chi connectivity index (χ4n) is 2.90. The predicted molar refractivity (Wildman–Crippen MR) is 78.5 cm³/mol. The van der Waals surface area contributed by atoms with E-state index in [9.17, 15) is 0 Å². The van der Waals surface area contributed by atoms with Gasteiger partial charge in [-0.25, -0.2) is 0 Å². The SMILES string of the molecule is CC#Cc1ccc([C@H]2CC[C@H](/C=C/C)CC2)cc1. The molecule has 1 aliphatic rings. The zero-order valence-corrected chi connectivity index (χ0v) is 11.4. The van der Waals surface area contributed by atoms with E-state index in [-0.39, 0.29) is 0 Å². The van der Waals surface area contributed by atoms with Crippen molar-refractivity contribution in [2.24, 2.45) is 5.92 Å². The molecule has 0 unspecified atom stereocenters. The van der Waals surface area contributed by atoms with E-state index in [4.69, 9.17) is 0 Å². The van der Waals surface area contributed by atoms with Crippen molar-refractivity contribution in [1.29, 1.82) is 0 Å². The maximum atomic E-state index is 3.10. The van der Waals surface area contributed by atoms with Gasteiger partial charge in [0.2, 0.25) is 0 Å². The maximum absolute atomic E-state index is 3.10. The van der Waals surface area contributed by atoms with Crippen molar-refractivity contribution in [3.8, 4) is 11.8 Å². The summed E-state index contributed by atoms with van der Waals surface area (Å²) in [5.41, 5.74) is 2.62. The van der Waals surface area contributed by atoms with Crippen molar-refractivity contribution >= 4 is 0 Å². The summed E-state index contributed by atoms with van der Waals surface area (Å²) >= 11 is 0. The molecule has 0 amide bonds. The van der Waals surface area contributed by atoms with Crippen LogP contribution in [0.4, 0.5) is 0 Å². The van der Waals surface area contributed by atoms with Crippen LogP contribution in [0.3, 0.4) is 0 Å². The smallest absolute Gasteiger partial charge is 0.0245 e. The highest BCUT2D eigenvalue weighted by molar-refractivity contribution is 5.36. The monoisotopic (exact) mass is 238 g/mol. The first kappa shape index (κ1) is 13.0. The first-order valence-electron chi connectivity index (χ1n) is 6.99. The normalized spacial score (nSPS) is 23.7. The van der Waals surface area contributed by atoms with Crippen molar-refractivity contribution in [3.63, 3.8) is 0 Å². The van der Waals surface area contributed by atoms with Crippen LogP contribution in [-0.4, -0.2) is 0 Å². The van der Waals surface area contributed by atoms with Gasteiger partial charge in [0.1, 0.15) is 0 Å². The van der Waals surface area contributed by atoms with E-state index in [0.717, 1.165) is 17.4 Å². The first-order valence-corrected chi connectivity index (χ1v) is 6.99. The fraction of sp³-hybridized carbons (Fsp3) is 0.444. The maximum Gasteiger partial charge on any atom is 0.0245 e. The van der Waals surface area contributed by atoms with Crippen LogP contribution in [0.1, 0.15) is 56.6 Å². The number of allylic oxidation sites excluding steroid dienone is 2. The molecule has 0 saturated heterocycles. The van der Waals surface area contributed by atoms with Crippen molar-refractivity contribution in [2.75, 3.05) is 0 Å². The van der Waals surface area contributed by atoms with Gasteiger partial charge in [-0.05, 0) is 69.1 Å². The van der Waals surface area contributed by atoms with Crippen LogP contribution < -0.4 is 0 Å². The minimum absolute atomic E-state index is 0.759. The molecule has 1 aliphatic carbocycles. The predicted octanol–water partition coefficient (Wildman–Crippen LogP) is 4.91. The third kappa shape index (κ3) is 3.26. The minimum Gasteiger partial charge on any atom is -0.101 e. The summed E-state index contributed by atoms with van der Waals surface area (Å²) in [5, 5.41) is 0. The molecular formula is C18H22. The molecule has 1 aromatic carbocycles. The molecule has 0 aromatic heterocycles. The molecule has 0 aliphatic heterocycles. The van der Waals surface area contributed by atoms with Crippen LogP contribution in [0.15, 0.2) is 36.4 Å². The number of hydrogen-bond acceptors (Lipinski definition) is 0. The topological polar surface area (TPSA) is 0 Å². The Morgan fingerprint density at radius 1 is 1.06 bits per heavy atom. The first-order chi connectivity index (χ1) is 8.83. The van der Waals surface area contributed by atoms with E-state index in [1.165, 1.54) is 31.2 Å². The molecule has 1 aromatic rings. The van der Waals surface area contributed by atoms with Gasteiger partial charge in [-0.3, -0.25) is 0 Å². The molecule has 0 nitrogen and oxygen atoms in total. The summed E-state index contributed by atoms with van der Waals surface area (Å²) < 4.78 is 0. The molecule has 1 fully saturated rings. The van der Waals surface area contributed by atoms with Crippen LogP contribution in [-0.2, 0) is 0 Å². The van der Waals surface area contributed by atoms with Crippen LogP contribution in [0, 0.1) is 17.8 Å². The van der Waals surface area contributed by atoms with Crippen LogP contribution in [0.5, 0.6) is 0 Å². The van der Waals surface area contributed by atoms with Crippen molar-refractivity contribution < 1.29 is 0 Å². The third-order valence-corrected chi connectivity index (χ3v) is 3.89. The van der Waals surface area contributed by atoms with E-state index in [2.05, 4.69) is 55.2 Å². The summed E-state index contributed by atoms with van der Waals surface area (Å²) in [7, 11) is 0. The van der Waals surface area contributed by atoms with Gasteiger partial charge in [0, 0.05) is 5.56 Å². The van der Waals surface area contributed by atoms with Gasteiger partial charge in [-0.15, -0.1) is 5.92 Å². The van der Waals surface area contributed by atoms with Crippen molar-refractivity contribution in [3.05, 3.63) is 47.5 Å². The quantitative estimate of drug-likeness (QED) is 0.507. The molecule has 18 heavy (non-hydrogen) atoms. The van der Waals surface area contributed by atoms with E-state index in [1.807, 2.05) is 6.92 Å². The Morgan fingerprint density at radius 2 is 1.72 bits per heavy atom. The molecule has 94 valence electrons. The molecule has 0 N–H and O–H groups in total. The van der Waals surface area contributed by atoms with Gasteiger partial charge in [-0.1, -0.05) is 30.2 Å². The Labute approximate surface area is 111 Å². The molecule has 1 saturated carbocycles. The Hall–Kier alpha value is -1.48. The molecule has 0 heterocycles. The van der Waals surface area contributed by atoms with Crippen molar-refractivity contribution in [1.82, 2.24) is 0 Å². The van der Waals surface area contributed by atoms with E-state index < -0.39 is 0 Å². The zero-order valence-electron chi connectivity index (χ0n) is 11.4. The van der Waals surface area contributed by atoms with Gasteiger partial charge in [0.05, 0.1) is 0 Å². The number of benzene rings is 1. The molecule has 2 rings (SSSR count). The van der Waals surface area contributed by atoms with Crippen LogP contribution in [0.25, 0.3) is 0 Å². The van der Waals surface area contributed by atoms with Crippen molar-refractivity contribution in [2.45, 2.75) is 45.4 Å². The lowest BCUT2D eigenvalue weighted by Gasteiger charge is -2.27. The molecule has 0 spiro atoms. The summed E-state index contributed by atoms with van der Waals surface area (Å²) in [6.45, 7) is 4.01. The lowest BCUT2D eigenvalue weighted by molar-refractivity contribution is 0.375. The number of rotatable bonds is 2. The summed E-state index contributed by atoms with van der Waals surface area (Å²) in [4.78, 5) is 0. The summed E-state index contributed by atoms with van der Waals surface area (Å²) in [6.07, 6.45) is 9.90. The average molecular weight is 238 g/mol. The molecular weight excluding hydrogens is 216 g/mol. The van der Waals surface area contributed by atoms with E-state index >= 15 is 0 Å². The van der Waals surface area contributed by atoms with Crippen LogP contribution >= 0.6 is 0 Å². The van der Waals surface area contributed by atoms with Gasteiger partial charge < -0.3 is 0 Å². The Morgan fingerprint density at radius 3 is 2.28 bits per heavy atom. The standard InChI is InChI=1S/C18H22/c1-3-5-15-7-11-17(12-8-15)18-13-9-16(6-4-2)10-14-18/h3,5,9-10,13-15,17H,7-8,11-12H2,1-2H3/b5-3+/t15-,17-. The van der Waals surface area contributed by atoms with Gasteiger partial charge in [0.15, 0.2) is 0 Å². The average Bonchev–Trinajstić information content (AvgIpc) is 2.41. The second-order valence-electron chi connectivity index (χ2n) is 5.13. The van der Waals surface area contributed by atoms with Gasteiger partial charge in [0.25, 0.3) is 0 Å². The fourth-order valence-corrected chi connectivity index (χ4v) is 2.90. The zero-order chi connectivity index (χ0) is 12.8. The van der Waals surface area contributed by atoms with Gasteiger partial charge in [-0.2, -0.15) is 0 Å². The molecule has 0 bridgehead atoms. The van der Waals surface area contributed by atoms with E-state index in [1.54, 1.807) is 0 Å². The second kappa shape index (κ2) is 6.45. The highest BCUT2D eigenvalue weighted by Crippen LogP contribution is 2.36. The minimum atomic E-state index is 0.759. The molecule has 0 radical (unpaired) electrons. The lowest BCUT2D eigenvalue weighted by Crippen LogP contribution is -2.11. The Kier molecular flexibility index (Phi) is 4.65. The molecule has 0 heteroatoms. The number of hydrogen-bond donors (Lipinski definition) is 0. The largest absolute Gasteiger partial charge is 0.101 e. The summed E-state index contributed by atoms with van der Waals surface area (Å²) in [6, 6.07) is 8.84. The highest BCUT2D eigenvalue weighted by Gasteiger charge is 2.20. The summed E-state index contributed by atoms with van der Waals surface area (Å²) in [5.74, 6) is 7.62. The van der Waals surface area contributed by atoms with Gasteiger partial charge >= 0.3 is 0 Å². The lowest BCUT2D eigenvalue weighted by atomic mass is 9.78. The second-order valence-corrected chi connectivity index (χ2v) is 5.13. The highest BCUT2D eigenvalue weighted by atomic mass is 14.2.